The first-order valence-electron chi connectivity index (χ1n) is 6.15. The standard InChI is InChI=1S/C15H14Cl2FNO/c16-12-2-1-11(15(17)7-12)9-20-14-6-10(3-4-19)5-13(18)8-14/h1-2,5-8H,3-4,9,19H2. The largest absolute Gasteiger partial charge is 0.489 e. The zero-order chi connectivity index (χ0) is 14.5. The predicted octanol–water partition coefficient (Wildman–Crippen LogP) is 4.21. The van der Waals surface area contributed by atoms with Crippen LogP contribution in [0.3, 0.4) is 0 Å². The Hall–Kier alpha value is -1.29. The van der Waals surface area contributed by atoms with Crippen LogP contribution in [0.4, 0.5) is 4.39 Å². The molecule has 0 atom stereocenters. The first-order chi connectivity index (χ1) is 9.58. The average molecular weight is 314 g/mol. The van der Waals surface area contributed by atoms with Crippen LogP contribution < -0.4 is 10.5 Å². The van der Waals surface area contributed by atoms with Gasteiger partial charge in [0.05, 0.1) is 0 Å². The average Bonchev–Trinajstić information content (AvgIpc) is 2.37. The molecule has 0 bridgehead atoms. The number of ether oxygens (including phenoxy) is 1. The van der Waals surface area contributed by atoms with Gasteiger partial charge in [0.1, 0.15) is 18.2 Å². The van der Waals surface area contributed by atoms with Gasteiger partial charge in [-0.1, -0.05) is 29.3 Å². The van der Waals surface area contributed by atoms with E-state index in [4.69, 9.17) is 33.7 Å². The van der Waals surface area contributed by atoms with Crippen LogP contribution in [0.1, 0.15) is 11.1 Å². The van der Waals surface area contributed by atoms with E-state index in [2.05, 4.69) is 0 Å². The molecular formula is C15H14Cl2FNO. The summed E-state index contributed by atoms with van der Waals surface area (Å²) in [7, 11) is 0. The predicted molar refractivity (Wildman–Crippen MR) is 80.0 cm³/mol. The molecule has 2 N–H and O–H groups in total. The molecule has 0 aliphatic rings. The van der Waals surface area contributed by atoms with Crippen molar-refractivity contribution in [3.05, 3.63) is 63.4 Å². The quantitative estimate of drug-likeness (QED) is 0.897. The molecule has 0 fully saturated rings. The summed E-state index contributed by atoms with van der Waals surface area (Å²) in [4.78, 5) is 0. The Balaban J connectivity index is 2.10. The Bertz CT molecular complexity index is 604. The van der Waals surface area contributed by atoms with Gasteiger partial charge >= 0.3 is 0 Å². The minimum atomic E-state index is -0.340. The highest BCUT2D eigenvalue weighted by molar-refractivity contribution is 6.35. The highest BCUT2D eigenvalue weighted by Gasteiger charge is 2.05. The number of rotatable bonds is 5. The normalized spacial score (nSPS) is 10.6. The smallest absolute Gasteiger partial charge is 0.127 e. The Morgan fingerprint density at radius 3 is 2.60 bits per heavy atom. The van der Waals surface area contributed by atoms with Crippen LogP contribution in [0, 0.1) is 5.82 Å². The molecule has 106 valence electrons. The van der Waals surface area contributed by atoms with E-state index in [-0.39, 0.29) is 12.4 Å². The van der Waals surface area contributed by atoms with Crippen LogP contribution in [0.25, 0.3) is 0 Å². The van der Waals surface area contributed by atoms with Crippen molar-refractivity contribution in [2.45, 2.75) is 13.0 Å². The second-order valence-electron chi connectivity index (χ2n) is 4.36. The van der Waals surface area contributed by atoms with E-state index in [1.165, 1.54) is 12.1 Å². The number of benzene rings is 2. The van der Waals surface area contributed by atoms with E-state index >= 15 is 0 Å². The summed E-state index contributed by atoms with van der Waals surface area (Å²) in [6, 6.07) is 9.73. The van der Waals surface area contributed by atoms with Crippen LogP contribution in [-0.2, 0) is 13.0 Å². The Morgan fingerprint density at radius 2 is 1.90 bits per heavy atom. The molecule has 20 heavy (non-hydrogen) atoms. The monoisotopic (exact) mass is 313 g/mol. The summed E-state index contributed by atoms with van der Waals surface area (Å²) in [6.07, 6.45) is 0.607. The van der Waals surface area contributed by atoms with Gasteiger partial charge in [0.15, 0.2) is 0 Å². The fourth-order valence-electron chi connectivity index (χ4n) is 1.81. The fraction of sp³-hybridized carbons (Fsp3) is 0.200. The summed E-state index contributed by atoms with van der Waals surface area (Å²) in [5, 5.41) is 1.09. The van der Waals surface area contributed by atoms with Crippen molar-refractivity contribution < 1.29 is 9.13 Å². The van der Waals surface area contributed by atoms with Gasteiger partial charge in [0, 0.05) is 21.7 Å². The molecule has 2 rings (SSSR count). The molecule has 0 heterocycles. The fourth-order valence-corrected chi connectivity index (χ4v) is 2.28. The van der Waals surface area contributed by atoms with Crippen molar-refractivity contribution in [2.24, 2.45) is 5.73 Å². The van der Waals surface area contributed by atoms with Gasteiger partial charge in [-0.3, -0.25) is 0 Å². The van der Waals surface area contributed by atoms with Crippen LogP contribution >= 0.6 is 23.2 Å². The molecule has 2 aromatic rings. The Morgan fingerprint density at radius 1 is 1.10 bits per heavy atom. The maximum absolute atomic E-state index is 13.4. The lowest BCUT2D eigenvalue weighted by molar-refractivity contribution is 0.304. The van der Waals surface area contributed by atoms with Crippen LogP contribution in [-0.4, -0.2) is 6.54 Å². The van der Waals surface area contributed by atoms with Gasteiger partial charge in [0.2, 0.25) is 0 Å². The van der Waals surface area contributed by atoms with Crippen LogP contribution in [0.5, 0.6) is 5.75 Å². The maximum atomic E-state index is 13.4. The summed E-state index contributed by atoms with van der Waals surface area (Å²) < 4.78 is 19.0. The van der Waals surface area contributed by atoms with Gasteiger partial charge in [-0.25, -0.2) is 4.39 Å². The van der Waals surface area contributed by atoms with E-state index in [9.17, 15) is 4.39 Å². The molecule has 0 aromatic heterocycles. The van der Waals surface area contributed by atoms with Crippen LogP contribution in [0.15, 0.2) is 36.4 Å². The van der Waals surface area contributed by atoms with Gasteiger partial charge in [-0.15, -0.1) is 0 Å². The van der Waals surface area contributed by atoms with Crippen molar-refractivity contribution in [1.29, 1.82) is 0 Å². The zero-order valence-electron chi connectivity index (χ0n) is 10.7. The van der Waals surface area contributed by atoms with E-state index in [0.717, 1.165) is 11.1 Å². The highest BCUT2D eigenvalue weighted by Crippen LogP contribution is 2.23. The van der Waals surface area contributed by atoms with Crippen LogP contribution in [0.2, 0.25) is 10.0 Å². The molecule has 0 unspecified atom stereocenters. The lowest BCUT2D eigenvalue weighted by atomic mass is 10.1. The van der Waals surface area contributed by atoms with E-state index in [1.807, 2.05) is 0 Å². The minimum absolute atomic E-state index is 0.252. The molecule has 0 saturated carbocycles. The molecule has 0 radical (unpaired) electrons. The second kappa shape index (κ2) is 6.93. The molecule has 2 aromatic carbocycles. The van der Waals surface area contributed by atoms with Gasteiger partial charge < -0.3 is 10.5 Å². The lowest BCUT2D eigenvalue weighted by Crippen LogP contribution is -2.04. The first kappa shape index (κ1) is 15.1. The summed E-state index contributed by atoms with van der Waals surface area (Å²) in [5.41, 5.74) is 7.07. The lowest BCUT2D eigenvalue weighted by Gasteiger charge is -2.10. The third-order valence-electron chi connectivity index (χ3n) is 2.77. The SMILES string of the molecule is NCCc1cc(F)cc(OCc2ccc(Cl)cc2Cl)c1. The van der Waals surface area contributed by atoms with Crippen molar-refractivity contribution in [1.82, 2.24) is 0 Å². The molecular weight excluding hydrogens is 300 g/mol. The highest BCUT2D eigenvalue weighted by atomic mass is 35.5. The third-order valence-corrected chi connectivity index (χ3v) is 3.36. The first-order valence-corrected chi connectivity index (χ1v) is 6.90. The molecule has 2 nitrogen and oxygen atoms in total. The van der Waals surface area contributed by atoms with Crippen molar-refractivity contribution in [2.75, 3.05) is 6.54 Å². The topological polar surface area (TPSA) is 35.2 Å². The van der Waals surface area contributed by atoms with E-state index in [1.54, 1.807) is 24.3 Å². The Kier molecular flexibility index (Phi) is 5.24. The van der Waals surface area contributed by atoms with Crippen molar-refractivity contribution >= 4 is 23.2 Å². The van der Waals surface area contributed by atoms with Gasteiger partial charge in [-0.05, 0) is 42.8 Å². The number of nitrogens with two attached hydrogens (primary N) is 1. The van der Waals surface area contributed by atoms with Crippen molar-refractivity contribution in [3.8, 4) is 5.75 Å². The number of hydrogen-bond donors (Lipinski definition) is 1. The molecule has 0 amide bonds. The maximum Gasteiger partial charge on any atom is 0.127 e. The minimum Gasteiger partial charge on any atom is -0.489 e. The van der Waals surface area contributed by atoms with E-state index < -0.39 is 0 Å². The number of halogens is 3. The van der Waals surface area contributed by atoms with Gasteiger partial charge in [0.25, 0.3) is 0 Å². The van der Waals surface area contributed by atoms with E-state index in [0.29, 0.717) is 28.8 Å². The summed E-state index contributed by atoms with van der Waals surface area (Å²) in [5.74, 6) is 0.118. The molecule has 0 aliphatic carbocycles. The Labute approximate surface area is 127 Å². The molecule has 5 heteroatoms. The molecule has 0 aliphatic heterocycles. The van der Waals surface area contributed by atoms with Gasteiger partial charge in [-0.2, -0.15) is 0 Å². The molecule has 0 spiro atoms. The molecule has 0 saturated heterocycles. The van der Waals surface area contributed by atoms with Crippen molar-refractivity contribution in [3.63, 3.8) is 0 Å². The second-order valence-corrected chi connectivity index (χ2v) is 5.20. The third kappa shape index (κ3) is 4.10. The summed E-state index contributed by atoms with van der Waals surface area (Å²) in [6.45, 7) is 0.716. The number of hydrogen-bond acceptors (Lipinski definition) is 2. The summed E-state index contributed by atoms with van der Waals surface area (Å²) >= 11 is 11.9. The zero-order valence-corrected chi connectivity index (χ0v) is 12.2.